The molecular formula is C13H22N2O3. The van der Waals surface area contributed by atoms with Crippen molar-refractivity contribution in [3.05, 3.63) is 18.2 Å². The number of hydrogen-bond acceptors (Lipinski definition) is 5. The minimum Gasteiger partial charge on any atom is -0.495 e. The molecule has 0 saturated heterocycles. The maximum Gasteiger partial charge on any atom is 0.143 e. The topological polar surface area (TPSA) is 57.0 Å². The van der Waals surface area contributed by atoms with Crippen molar-refractivity contribution in [1.29, 1.82) is 0 Å². The summed E-state index contributed by atoms with van der Waals surface area (Å²) in [6.45, 7) is 2.80. The van der Waals surface area contributed by atoms with Gasteiger partial charge >= 0.3 is 0 Å². The quantitative estimate of drug-likeness (QED) is 0.710. The van der Waals surface area contributed by atoms with Gasteiger partial charge in [-0.25, -0.2) is 0 Å². The Hall–Kier alpha value is -1.46. The lowest BCUT2D eigenvalue weighted by Gasteiger charge is -2.26. The van der Waals surface area contributed by atoms with Crippen molar-refractivity contribution in [3.8, 4) is 5.75 Å². The summed E-state index contributed by atoms with van der Waals surface area (Å²) in [7, 11) is 4.98. The van der Waals surface area contributed by atoms with Gasteiger partial charge in [0.1, 0.15) is 5.75 Å². The molecule has 1 aromatic rings. The number of anilines is 2. The Morgan fingerprint density at radius 1 is 1.06 bits per heavy atom. The standard InChI is InChI=1S/C13H22N2O3/c1-16-9-7-15(8-10-17-2)11-5-4-6-12(18-3)13(11)14/h4-6H,7-10,14H2,1-3H3. The van der Waals surface area contributed by atoms with E-state index in [9.17, 15) is 0 Å². The van der Waals surface area contributed by atoms with Crippen LogP contribution in [0.25, 0.3) is 0 Å². The van der Waals surface area contributed by atoms with Crippen LogP contribution in [0, 0.1) is 0 Å². The molecule has 1 rings (SSSR count). The summed E-state index contributed by atoms with van der Waals surface area (Å²) in [6.07, 6.45) is 0. The fourth-order valence-electron chi connectivity index (χ4n) is 1.74. The number of para-hydroxylation sites is 1. The fourth-order valence-corrected chi connectivity index (χ4v) is 1.74. The zero-order chi connectivity index (χ0) is 13.4. The maximum atomic E-state index is 6.09. The van der Waals surface area contributed by atoms with Gasteiger partial charge in [-0.1, -0.05) is 6.07 Å². The van der Waals surface area contributed by atoms with Crippen LogP contribution in [0.15, 0.2) is 18.2 Å². The minimum atomic E-state index is 0.639. The molecule has 0 atom stereocenters. The molecule has 102 valence electrons. The fraction of sp³-hybridized carbons (Fsp3) is 0.538. The first-order valence-corrected chi connectivity index (χ1v) is 5.89. The van der Waals surface area contributed by atoms with Crippen LogP contribution in [-0.4, -0.2) is 47.6 Å². The molecule has 18 heavy (non-hydrogen) atoms. The van der Waals surface area contributed by atoms with Crippen molar-refractivity contribution in [1.82, 2.24) is 0 Å². The Bertz CT molecular complexity index is 350. The Labute approximate surface area is 108 Å². The number of methoxy groups -OCH3 is 3. The van der Waals surface area contributed by atoms with E-state index in [4.69, 9.17) is 19.9 Å². The van der Waals surface area contributed by atoms with Crippen LogP contribution in [0.3, 0.4) is 0 Å². The van der Waals surface area contributed by atoms with E-state index in [1.807, 2.05) is 18.2 Å². The molecule has 0 saturated carbocycles. The number of nitrogens with two attached hydrogens (primary N) is 1. The second-order valence-corrected chi connectivity index (χ2v) is 3.87. The molecule has 0 unspecified atom stereocenters. The molecule has 0 aromatic heterocycles. The third kappa shape index (κ3) is 3.78. The van der Waals surface area contributed by atoms with Gasteiger partial charge in [0, 0.05) is 27.3 Å². The molecule has 5 heteroatoms. The smallest absolute Gasteiger partial charge is 0.143 e. The third-order valence-electron chi connectivity index (χ3n) is 2.73. The molecule has 0 radical (unpaired) electrons. The van der Waals surface area contributed by atoms with Crippen LogP contribution >= 0.6 is 0 Å². The monoisotopic (exact) mass is 254 g/mol. The first-order valence-electron chi connectivity index (χ1n) is 5.89. The SMILES string of the molecule is COCCN(CCOC)c1cccc(OC)c1N. The van der Waals surface area contributed by atoms with Gasteiger partial charge < -0.3 is 24.8 Å². The van der Waals surface area contributed by atoms with Crippen molar-refractivity contribution in [2.45, 2.75) is 0 Å². The predicted molar refractivity (Wildman–Crippen MR) is 73.4 cm³/mol. The number of hydrogen-bond donors (Lipinski definition) is 1. The minimum absolute atomic E-state index is 0.639. The van der Waals surface area contributed by atoms with Gasteiger partial charge in [0.15, 0.2) is 0 Å². The average molecular weight is 254 g/mol. The van der Waals surface area contributed by atoms with Crippen molar-refractivity contribution in [3.63, 3.8) is 0 Å². The highest BCUT2D eigenvalue weighted by molar-refractivity contribution is 5.74. The molecule has 0 amide bonds. The van der Waals surface area contributed by atoms with E-state index < -0.39 is 0 Å². The molecule has 0 heterocycles. The first-order chi connectivity index (χ1) is 8.74. The lowest BCUT2D eigenvalue weighted by molar-refractivity contribution is 0.190. The number of rotatable bonds is 8. The summed E-state index contributed by atoms with van der Waals surface area (Å²) in [5, 5.41) is 0. The third-order valence-corrected chi connectivity index (χ3v) is 2.73. The van der Waals surface area contributed by atoms with Crippen molar-refractivity contribution in [2.24, 2.45) is 0 Å². The summed E-state index contributed by atoms with van der Waals surface area (Å²) in [5.74, 6) is 0.687. The van der Waals surface area contributed by atoms with Gasteiger partial charge in [-0.05, 0) is 12.1 Å². The maximum absolute atomic E-state index is 6.09. The Morgan fingerprint density at radius 3 is 2.17 bits per heavy atom. The van der Waals surface area contributed by atoms with E-state index >= 15 is 0 Å². The molecule has 0 bridgehead atoms. The molecule has 0 aliphatic carbocycles. The highest BCUT2D eigenvalue weighted by Gasteiger charge is 2.12. The lowest BCUT2D eigenvalue weighted by Crippen LogP contribution is -2.31. The predicted octanol–water partition coefficient (Wildman–Crippen LogP) is 1.38. The average Bonchev–Trinajstić information content (AvgIpc) is 2.40. The van der Waals surface area contributed by atoms with Crippen LogP contribution in [0.2, 0.25) is 0 Å². The van der Waals surface area contributed by atoms with Gasteiger partial charge in [-0.15, -0.1) is 0 Å². The summed E-state index contributed by atoms with van der Waals surface area (Å²) >= 11 is 0. The van der Waals surface area contributed by atoms with Crippen molar-refractivity contribution >= 4 is 11.4 Å². The Kier molecular flexibility index (Phi) is 6.32. The second-order valence-electron chi connectivity index (χ2n) is 3.87. The summed E-state index contributed by atoms with van der Waals surface area (Å²) < 4.78 is 15.5. The van der Waals surface area contributed by atoms with Gasteiger partial charge in [-0.3, -0.25) is 0 Å². The van der Waals surface area contributed by atoms with Crippen LogP contribution < -0.4 is 15.4 Å². The van der Waals surface area contributed by atoms with Gasteiger partial charge in [-0.2, -0.15) is 0 Å². The molecule has 2 N–H and O–H groups in total. The first kappa shape index (κ1) is 14.6. The number of ether oxygens (including phenoxy) is 3. The second kappa shape index (κ2) is 7.79. The van der Waals surface area contributed by atoms with E-state index in [0.717, 1.165) is 18.8 Å². The van der Waals surface area contributed by atoms with Gasteiger partial charge in [0.25, 0.3) is 0 Å². The van der Waals surface area contributed by atoms with E-state index in [1.54, 1.807) is 21.3 Å². The summed E-state index contributed by atoms with van der Waals surface area (Å²) in [4.78, 5) is 2.13. The van der Waals surface area contributed by atoms with E-state index in [-0.39, 0.29) is 0 Å². The lowest BCUT2D eigenvalue weighted by atomic mass is 10.2. The molecule has 1 aromatic carbocycles. The molecular weight excluding hydrogens is 232 g/mol. The van der Waals surface area contributed by atoms with Gasteiger partial charge in [0.2, 0.25) is 0 Å². The van der Waals surface area contributed by atoms with Crippen molar-refractivity contribution < 1.29 is 14.2 Å². The summed E-state index contributed by atoms with van der Waals surface area (Å²) in [6, 6.07) is 5.75. The van der Waals surface area contributed by atoms with E-state index in [0.29, 0.717) is 24.7 Å². The van der Waals surface area contributed by atoms with Crippen LogP contribution in [0.4, 0.5) is 11.4 Å². The van der Waals surface area contributed by atoms with Crippen LogP contribution in [0.1, 0.15) is 0 Å². The van der Waals surface area contributed by atoms with Crippen molar-refractivity contribution in [2.75, 3.05) is 58.3 Å². The molecule has 0 fully saturated rings. The highest BCUT2D eigenvalue weighted by atomic mass is 16.5. The molecule has 0 spiro atoms. The number of nitrogens with zero attached hydrogens (tertiary/aromatic N) is 1. The van der Waals surface area contributed by atoms with E-state index in [1.165, 1.54) is 0 Å². The Morgan fingerprint density at radius 2 is 1.67 bits per heavy atom. The number of nitrogen functional groups attached to an aromatic ring is 1. The Balaban J connectivity index is 2.88. The zero-order valence-corrected chi connectivity index (χ0v) is 11.3. The molecule has 5 nitrogen and oxygen atoms in total. The van der Waals surface area contributed by atoms with Crippen LogP contribution in [0.5, 0.6) is 5.75 Å². The summed E-state index contributed by atoms with van der Waals surface area (Å²) in [5.41, 5.74) is 7.68. The highest BCUT2D eigenvalue weighted by Crippen LogP contribution is 2.31. The zero-order valence-electron chi connectivity index (χ0n) is 11.3. The molecule has 0 aliphatic rings. The molecule has 0 aliphatic heterocycles. The van der Waals surface area contributed by atoms with E-state index in [2.05, 4.69) is 4.90 Å². The van der Waals surface area contributed by atoms with Gasteiger partial charge in [0.05, 0.1) is 31.7 Å². The van der Waals surface area contributed by atoms with Crippen LogP contribution in [-0.2, 0) is 9.47 Å². The number of benzene rings is 1. The normalized spacial score (nSPS) is 10.4. The largest absolute Gasteiger partial charge is 0.495 e.